The van der Waals surface area contributed by atoms with E-state index in [4.69, 9.17) is 11.6 Å². The van der Waals surface area contributed by atoms with Gasteiger partial charge < -0.3 is 5.32 Å². The Morgan fingerprint density at radius 3 is 2.84 bits per heavy atom. The van der Waals surface area contributed by atoms with Crippen LogP contribution in [-0.2, 0) is 12.8 Å². The minimum absolute atomic E-state index is 0.169. The van der Waals surface area contributed by atoms with Crippen molar-refractivity contribution >= 4 is 22.9 Å². The van der Waals surface area contributed by atoms with Gasteiger partial charge in [0.1, 0.15) is 5.82 Å². The van der Waals surface area contributed by atoms with Gasteiger partial charge in [-0.15, -0.1) is 11.3 Å². The van der Waals surface area contributed by atoms with Crippen molar-refractivity contribution in [1.82, 2.24) is 5.32 Å². The van der Waals surface area contributed by atoms with Crippen molar-refractivity contribution < 1.29 is 4.39 Å². The molecule has 0 saturated heterocycles. The molecule has 0 amide bonds. The summed E-state index contributed by atoms with van der Waals surface area (Å²) in [5.41, 5.74) is 1.03. The number of thiophene rings is 1. The van der Waals surface area contributed by atoms with Crippen LogP contribution in [0.25, 0.3) is 0 Å². The maximum absolute atomic E-state index is 13.1. The van der Waals surface area contributed by atoms with Gasteiger partial charge >= 0.3 is 0 Å². The third-order valence-electron chi connectivity index (χ3n) is 2.92. The van der Waals surface area contributed by atoms with Crippen molar-refractivity contribution in [3.8, 4) is 0 Å². The van der Waals surface area contributed by atoms with Gasteiger partial charge in [-0.2, -0.15) is 0 Å². The summed E-state index contributed by atoms with van der Waals surface area (Å²) in [6.07, 6.45) is 1.81. The minimum atomic E-state index is -0.169. The SMILES string of the molecule is CC(Cc1cccc(F)c1)NCCc1ccc(Cl)s1. The number of benzene rings is 1. The highest BCUT2D eigenvalue weighted by Gasteiger charge is 2.04. The first kappa shape index (κ1) is 14.5. The van der Waals surface area contributed by atoms with E-state index in [1.165, 1.54) is 10.9 Å². The number of hydrogen-bond acceptors (Lipinski definition) is 2. The molecule has 2 aromatic rings. The van der Waals surface area contributed by atoms with E-state index < -0.39 is 0 Å². The molecule has 1 N–H and O–H groups in total. The Bertz CT molecular complexity index is 526. The van der Waals surface area contributed by atoms with Crippen LogP contribution in [0.1, 0.15) is 17.4 Å². The molecule has 19 heavy (non-hydrogen) atoms. The van der Waals surface area contributed by atoms with Crippen molar-refractivity contribution in [2.45, 2.75) is 25.8 Å². The van der Waals surface area contributed by atoms with Crippen molar-refractivity contribution in [3.63, 3.8) is 0 Å². The lowest BCUT2D eigenvalue weighted by Crippen LogP contribution is -2.29. The number of hydrogen-bond donors (Lipinski definition) is 1. The Morgan fingerprint density at radius 2 is 2.16 bits per heavy atom. The van der Waals surface area contributed by atoms with Gasteiger partial charge in [0.15, 0.2) is 0 Å². The molecule has 1 unspecified atom stereocenters. The highest BCUT2D eigenvalue weighted by Crippen LogP contribution is 2.21. The van der Waals surface area contributed by atoms with Crippen molar-refractivity contribution in [2.75, 3.05) is 6.54 Å². The molecule has 0 aliphatic heterocycles. The van der Waals surface area contributed by atoms with E-state index in [2.05, 4.69) is 18.3 Å². The molecular weight excluding hydrogens is 281 g/mol. The van der Waals surface area contributed by atoms with Crippen LogP contribution in [-0.4, -0.2) is 12.6 Å². The Balaban J connectivity index is 1.74. The van der Waals surface area contributed by atoms with Gasteiger partial charge in [-0.05, 0) is 49.6 Å². The monoisotopic (exact) mass is 297 g/mol. The van der Waals surface area contributed by atoms with E-state index in [0.717, 1.165) is 29.3 Å². The average molecular weight is 298 g/mol. The van der Waals surface area contributed by atoms with Crippen LogP contribution >= 0.6 is 22.9 Å². The molecular formula is C15H17ClFNS. The molecule has 0 aliphatic rings. The highest BCUT2D eigenvalue weighted by molar-refractivity contribution is 7.16. The van der Waals surface area contributed by atoms with E-state index in [9.17, 15) is 4.39 Å². The maximum atomic E-state index is 13.1. The van der Waals surface area contributed by atoms with Crippen molar-refractivity contribution in [3.05, 3.63) is 57.0 Å². The second-order valence-corrected chi connectivity index (χ2v) is 6.44. The largest absolute Gasteiger partial charge is 0.314 e. The molecule has 1 heterocycles. The number of halogens is 2. The number of rotatable bonds is 6. The quantitative estimate of drug-likeness (QED) is 0.838. The molecule has 0 bridgehead atoms. The normalized spacial score (nSPS) is 12.6. The van der Waals surface area contributed by atoms with Gasteiger partial charge in [0.2, 0.25) is 0 Å². The predicted molar refractivity (Wildman–Crippen MR) is 80.6 cm³/mol. The summed E-state index contributed by atoms with van der Waals surface area (Å²) in [5, 5.41) is 3.45. The summed E-state index contributed by atoms with van der Waals surface area (Å²) in [6.45, 7) is 3.03. The second-order valence-electron chi connectivity index (χ2n) is 4.65. The Labute approximate surface area is 122 Å². The zero-order chi connectivity index (χ0) is 13.7. The predicted octanol–water partition coefficient (Wildman–Crippen LogP) is 4.30. The Hall–Kier alpha value is -0.900. The summed E-state index contributed by atoms with van der Waals surface area (Å²) < 4.78 is 13.9. The molecule has 0 saturated carbocycles. The summed E-state index contributed by atoms with van der Waals surface area (Å²) in [6, 6.07) is 11.1. The van der Waals surface area contributed by atoms with Crippen LogP contribution in [0.2, 0.25) is 4.34 Å². The van der Waals surface area contributed by atoms with Gasteiger partial charge in [-0.1, -0.05) is 23.7 Å². The van der Waals surface area contributed by atoms with Crippen LogP contribution in [0.5, 0.6) is 0 Å². The molecule has 0 fully saturated rings. The first-order valence-electron chi connectivity index (χ1n) is 6.35. The average Bonchev–Trinajstić information content (AvgIpc) is 2.75. The molecule has 1 aromatic carbocycles. The Kier molecular flexibility index (Phi) is 5.37. The molecule has 0 spiro atoms. The molecule has 4 heteroatoms. The fraction of sp³-hybridized carbons (Fsp3) is 0.333. The van der Waals surface area contributed by atoms with E-state index >= 15 is 0 Å². The minimum Gasteiger partial charge on any atom is -0.314 e. The molecule has 2 rings (SSSR count). The maximum Gasteiger partial charge on any atom is 0.123 e. The molecule has 102 valence electrons. The zero-order valence-corrected chi connectivity index (χ0v) is 12.4. The highest BCUT2D eigenvalue weighted by atomic mass is 35.5. The summed E-state index contributed by atoms with van der Waals surface area (Å²) in [4.78, 5) is 1.29. The smallest absolute Gasteiger partial charge is 0.123 e. The molecule has 1 atom stereocenters. The van der Waals surface area contributed by atoms with E-state index in [1.807, 2.05) is 12.1 Å². The van der Waals surface area contributed by atoms with Gasteiger partial charge in [0.05, 0.1) is 4.34 Å². The zero-order valence-electron chi connectivity index (χ0n) is 10.8. The van der Waals surface area contributed by atoms with E-state index in [1.54, 1.807) is 23.5 Å². The van der Waals surface area contributed by atoms with Crippen molar-refractivity contribution in [2.24, 2.45) is 0 Å². The second kappa shape index (κ2) is 7.04. The lowest BCUT2D eigenvalue weighted by atomic mass is 10.1. The lowest BCUT2D eigenvalue weighted by molar-refractivity contribution is 0.547. The first-order valence-corrected chi connectivity index (χ1v) is 7.55. The molecule has 0 radical (unpaired) electrons. The van der Waals surface area contributed by atoms with Crippen LogP contribution in [0.3, 0.4) is 0 Å². The first-order chi connectivity index (χ1) is 9.13. The summed E-state index contributed by atoms with van der Waals surface area (Å²) in [7, 11) is 0. The number of nitrogens with one attached hydrogen (secondary N) is 1. The van der Waals surface area contributed by atoms with Gasteiger partial charge in [-0.25, -0.2) is 4.39 Å². The summed E-state index contributed by atoms with van der Waals surface area (Å²) in [5.74, 6) is -0.169. The Morgan fingerprint density at radius 1 is 1.32 bits per heavy atom. The molecule has 1 nitrogen and oxygen atoms in total. The standard InChI is InChI=1S/C15H17ClFNS/c1-11(9-12-3-2-4-13(17)10-12)18-8-7-14-5-6-15(16)19-14/h2-6,10-11,18H,7-9H2,1H3. The van der Waals surface area contributed by atoms with Gasteiger partial charge in [-0.3, -0.25) is 0 Å². The summed E-state index contributed by atoms with van der Waals surface area (Å²) >= 11 is 7.51. The third kappa shape index (κ3) is 4.94. The molecule has 1 aromatic heterocycles. The van der Waals surface area contributed by atoms with Crippen LogP contribution in [0.15, 0.2) is 36.4 Å². The fourth-order valence-corrected chi connectivity index (χ4v) is 3.10. The molecule has 0 aliphatic carbocycles. The third-order valence-corrected chi connectivity index (χ3v) is 4.21. The fourth-order valence-electron chi connectivity index (χ4n) is 2.02. The van der Waals surface area contributed by atoms with Gasteiger partial charge in [0, 0.05) is 17.5 Å². The van der Waals surface area contributed by atoms with E-state index in [-0.39, 0.29) is 5.82 Å². The van der Waals surface area contributed by atoms with Crippen LogP contribution in [0, 0.1) is 5.82 Å². The van der Waals surface area contributed by atoms with E-state index in [0.29, 0.717) is 6.04 Å². The van der Waals surface area contributed by atoms with Crippen LogP contribution < -0.4 is 5.32 Å². The topological polar surface area (TPSA) is 12.0 Å². The van der Waals surface area contributed by atoms with Crippen molar-refractivity contribution in [1.29, 1.82) is 0 Å². The van der Waals surface area contributed by atoms with Gasteiger partial charge in [0.25, 0.3) is 0 Å². The van der Waals surface area contributed by atoms with Crippen LogP contribution in [0.4, 0.5) is 4.39 Å². The lowest BCUT2D eigenvalue weighted by Gasteiger charge is -2.13.